The van der Waals surface area contributed by atoms with Gasteiger partial charge in [0.15, 0.2) is 4.77 Å². The van der Waals surface area contributed by atoms with Crippen LogP contribution in [0.25, 0.3) is 11.0 Å². The smallest absolute Gasteiger partial charge is 0.406 e. The lowest BCUT2D eigenvalue weighted by atomic mass is 10.3. The van der Waals surface area contributed by atoms with Crippen molar-refractivity contribution in [3.63, 3.8) is 0 Å². The number of hydrogen-bond donors (Lipinski definition) is 1. The number of alkyl halides is 3. The standard InChI is InChI=1S/C12H13F3N2OS/c1-2-6-18-9-5-3-4-8-10(9)16-11(19)17(8)7-12(13,14)15/h3-5H,2,6-7H2,1H3,(H,16,19). The van der Waals surface area contributed by atoms with Gasteiger partial charge < -0.3 is 14.3 Å². The second kappa shape index (κ2) is 5.24. The van der Waals surface area contributed by atoms with Crippen molar-refractivity contribution >= 4 is 23.3 Å². The van der Waals surface area contributed by atoms with Crippen LogP contribution in [0.2, 0.25) is 0 Å². The Morgan fingerprint density at radius 3 is 2.74 bits per heavy atom. The van der Waals surface area contributed by atoms with Gasteiger partial charge in [-0.1, -0.05) is 13.0 Å². The maximum Gasteiger partial charge on any atom is 0.406 e. The number of H-pyrrole nitrogens is 1. The zero-order chi connectivity index (χ0) is 14.0. The van der Waals surface area contributed by atoms with Crippen molar-refractivity contribution in [3.8, 4) is 5.75 Å². The van der Waals surface area contributed by atoms with Crippen LogP contribution < -0.4 is 4.74 Å². The van der Waals surface area contributed by atoms with Crippen LogP contribution in [0.4, 0.5) is 13.2 Å². The summed E-state index contributed by atoms with van der Waals surface area (Å²) in [5, 5.41) is 0. The molecular formula is C12H13F3N2OS. The zero-order valence-electron chi connectivity index (χ0n) is 10.3. The normalized spacial score (nSPS) is 12.0. The van der Waals surface area contributed by atoms with E-state index >= 15 is 0 Å². The molecule has 0 bridgehead atoms. The van der Waals surface area contributed by atoms with Crippen molar-refractivity contribution in [2.45, 2.75) is 26.1 Å². The fourth-order valence-electron chi connectivity index (χ4n) is 1.82. The van der Waals surface area contributed by atoms with E-state index < -0.39 is 12.7 Å². The molecule has 0 spiro atoms. The van der Waals surface area contributed by atoms with Crippen LogP contribution in [0.5, 0.6) is 5.75 Å². The average molecular weight is 290 g/mol. The highest BCUT2D eigenvalue weighted by molar-refractivity contribution is 7.71. The second-order valence-electron chi connectivity index (χ2n) is 4.13. The van der Waals surface area contributed by atoms with Gasteiger partial charge in [-0.3, -0.25) is 0 Å². The van der Waals surface area contributed by atoms with Gasteiger partial charge in [-0.2, -0.15) is 13.2 Å². The van der Waals surface area contributed by atoms with E-state index in [0.29, 0.717) is 23.4 Å². The van der Waals surface area contributed by atoms with Crippen molar-refractivity contribution in [1.29, 1.82) is 0 Å². The van der Waals surface area contributed by atoms with Gasteiger partial charge in [0.2, 0.25) is 0 Å². The van der Waals surface area contributed by atoms with E-state index in [1.165, 1.54) is 0 Å². The van der Waals surface area contributed by atoms with Crippen molar-refractivity contribution in [2.24, 2.45) is 0 Å². The van der Waals surface area contributed by atoms with E-state index in [0.717, 1.165) is 11.0 Å². The molecule has 0 radical (unpaired) electrons. The molecule has 1 aromatic heterocycles. The fraction of sp³-hybridized carbons (Fsp3) is 0.417. The molecule has 0 atom stereocenters. The molecule has 1 aromatic carbocycles. The first kappa shape index (κ1) is 13.9. The molecule has 3 nitrogen and oxygen atoms in total. The predicted molar refractivity (Wildman–Crippen MR) is 69.0 cm³/mol. The van der Waals surface area contributed by atoms with Crippen molar-refractivity contribution < 1.29 is 17.9 Å². The first-order valence-electron chi connectivity index (χ1n) is 5.83. The number of fused-ring (bicyclic) bond motifs is 1. The monoisotopic (exact) mass is 290 g/mol. The molecule has 0 saturated heterocycles. The highest BCUT2D eigenvalue weighted by Crippen LogP contribution is 2.27. The molecule has 1 heterocycles. The number of hydrogen-bond acceptors (Lipinski definition) is 2. The minimum Gasteiger partial charge on any atom is -0.491 e. The number of benzene rings is 1. The lowest BCUT2D eigenvalue weighted by molar-refractivity contribution is -0.140. The van der Waals surface area contributed by atoms with E-state index in [4.69, 9.17) is 17.0 Å². The van der Waals surface area contributed by atoms with E-state index in [1.54, 1.807) is 18.2 Å². The Labute approximate surface area is 113 Å². The third kappa shape index (κ3) is 3.09. The van der Waals surface area contributed by atoms with Crippen molar-refractivity contribution in [1.82, 2.24) is 9.55 Å². The number of halogens is 3. The molecular weight excluding hydrogens is 277 g/mol. The summed E-state index contributed by atoms with van der Waals surface area (Å²) in [6.45, 7) is 1.35. The van der Waals surface area contributed by atoms with Crippen LogP contribution in [0.3, 0.4) is 0 Å². The Hall–Kier alpha value is -1.50. The fourth-order valence-corrected chi connectivity index (χ4v) is 2.09. The first-order chi connectivity index (χ1) is 8.92. The number of ether oxygens (including phenoxy) is 1. The third-order valence-corrected chi connectivity index (χ3v) is 2.89. The van der Waals surface area contributed by atoms with Crippen LogP contribution in [-0.4, -0.2) is 22.3 Å². The molecule has 2 aromatic rings. The molecule has 0 aliphatic rings. The van der Waals surface area contributed by atoms with Crippen LogP contribution >= 0.6 is 12.2 Å². The predicted octanol–water partition coefficient (Wildman–Crippen LogP) is 4.05. The van der Waals surface area contributed by atoms with Gasteiger partial charge in [-0.15, -0.1) is 0 Å². The molecule has 0 amide bonds. The number of imidazole rings is 1. The maximum atomic E-state index is 12.5. The summed E-state index contributed by atoms with van der Waals surface area (Å²) in [6.07, 6.45) is -3.49. The molecule has 0 aliphatic heterocycles. The summed E-state index contributed by atoms with van der Waals surface area (Å²) in [4.78, 5) is 2.78. The van der Waals surface area contributed by atoms with Gasteiger partial charge in [0.05, 0.1) is 12.1 Å². The highest BCUT2D eigenvalue weighted by atomic mass is 32.1. The van der Waals surface area contributed by atoms with Crippen LogP contribution in [0, 0.1) is 4.77 Å². The van der Waals surface area contributed by atoms with Gasteiger partial charge in [-0.25, -0.2) is 0 Å². The summed E-state index contributed by atoms with van der Waals surface area (Å²) in [7, 11) is 0. The molecule has 7 heteroatoms. The van der Waals surface area contributed by atoms with E-state index in [1.807, 2.05) is 6.92 Å². The summed E-state index contributed by atoms with van der Waals surface area (Å²) in [5.74, 6) is 0.520. The second-order valence-corrected chi connectivity index (χ2v) is 4.52. The summed E-state index contributed by atoms with van der Waals surface area (Å²) in [6, 6.07) is 4.95. The third-order valence-electron chi connectivity index (χ3n) is 2.57. The Kier molecular flexibility index (Phi) is 3.84. The number of para-hydroxylation sites is 1. The maximum absolute atomic E-state index is 12.5. The highest BCUT2D eigenvalue weighted by Gasteiger charge is 2.29. The lowest BCUT2D eigenvalue weighted by Crippen LogP contribution is -2.17. The van der Waals surface area contributed by atoms with Crippen LogP contribution in [0.15, 0.2) is 18.2 Å². The van der Waals surface area contributed by atoms with Gasteiger partial charge in [0.25, 0.3) is 0 Å². The Bertz CT molecular complexity index is 630. The molecule has 104 valence electrons. The summed E-state index contributed by atoms with van der Waals surface area (Å²) < 4.78 is 44.1. The number of nitrogens with zero attached hydrogens (tertiary/aromatic N) is 1. The molecule has 0 fully saturated rings. The van der Waals surface area contributed by atoms with Crippen LogP contribution in [0.1, 0.15) is 13.3 Å². The Morgan fingerprint density at radius 2 is 2.11 bits per heavy atom. The number of aromatic nitrogens is 2. The first-order valence-corrected chi connectivity index (χ1v) is 6.24. The van der Waals surface area contributed by atoms with Gasteiger partial charge in [-0.05, 0) is 30.8 Å². The number of rotatable bonds is 4. The zero-order valence-corrected chi connectivity index (χ0v) is 11.1. The van der Waals surface area contributed by atoms with Gasteiger partial charge in [0.1, 0.15) is 17.8 Å². The molecule has 0 saturated carbocycles. The molecule has 0 unspecified atom stereocenters. The Morgan fingerprint density at radius 1 is 1.37 bits per heavy atom. The van der Waals surface area contributed by atoms with E-state index in [2.05, 4.69) is 4.98 Å². The molecule has 0 aliphatic carbocycles. The topological polar surface area (TPSA) is 29.9 Å². The minimum atomic E-state index is -4.31. The van der Waals surface area contributed by atoms with Gasteiger partial charge in [0, 0.05) is 0 Å². The largest absolute Gasteiger partial charge is 0.491 e. The lowest BCUT2D eigenvalue weighted by Gasteiger charge is -2.09. The summed E-state index contributed by atoms with van der Waals surface area (Å²) >= 11 is 4.94. The molecule has 1 N–H and O–H groups in total. The minimum absolute atomic E-state index is 0.0415. The molecule has 19 heavy (non-hydrogen) atoms. The number of nitrogens with one attached hydrogen (secondary N) is 1. The number of aromatic amines is 1. The average Bonchev–Trinajstić information content (AvgIpc) is 2.62. The SMILES string of the molecule is CCCOc1cccc2c1[nH]c(=S)n2CC(F)(F)F. The molecule has 2 rings (SSSR count). The van der Waals surface area contributed by atoms with Gasteiger partial charge >= 0.3 is 6.18 Å². The van der Waals surface area contributed by atoms with Crippen molar-refractivity contribution in [2.75, 3.05) is 6.61 Å². The quantitative estimate of drug-likeness (QED) is 0.861. The van der Waals surface area contributed by atoms with E-state index in [9.17, 15) is 13.2 Å². The Balaban J connectivity index is 2.50. The van der Waals surface area contributed by atoms with Crippen LogP contribution in [-0.2, 0) is 6.54 Å². The van der Waals surface area contributed by atoms with E-state index in [-0.39, 0.29) is 4.77 Å². The van der Waals surface area contributed by atoms with Crippen molar-refractivity contribution in [3.05, 3.63) is 23.0 Å². The summed E-state index contributed by atoms with van der Waals surface area (Å²) in [5.41, 5.74) is 0.904.